The summed E-state index contributed by atoms with van der Waals surface area (Å²) in [5.41, 5.74) is 1.59. The van der Waals surface area contributed by atoms with Crippen LogP contribution in [0.1, 0.15) is 5.56 Å². The normalized spacial score (nSPS) is 17.0. The van der Waals surface area contributed by atoms with Crippen LogP contribution < -0.4 is 0 Å². The zero-order chi connectivity index (χ0) is 13.8. The van der Waals surface area contributed by atoms with E-state index in [0.29, 0.717) is 12.2 Å². The smallest absolute Gasteiger partial charge is 0.280 e. The highest BCUT2D eigenvalue weighted by molar-refractivity contribution is 8.13. The molecular formula is C14H17N3OS. The first-order valence-corrected chi connectivity index (χ1v) is 7.21. The summed E-state index contributed by atoms with van der Waals surface area (Å²) in [5, 5.41) is 0.752. The molecule has 0 radical (unpaired) electrons. The summed E-state index contributed by atoms with van der Waals surface area (Å²) in [7, 11) is 3.77. The SMILES string of the molecule is CSC1=N/C(=C/N(C)C)C(=O)N1Cc1ccccc1. The molecule has 1 aliphatic heterocycles. The molecule has 4 nitrogen and oxygen atoms in total. The van der Waals surface area contributed by atoms with E-state index in [0.717, 1.165) is 10.7 Å². The fourth-order valence-corrected chi connectivity index (χ4v) is 2.38. The molecule has 0 fully saturated rings. The van der Waals surface area contributed by atoms with Crippen molar-refractivity contribution in [3.63, 3.8) is 0 Å². The number of aliphatic imine (C=N–C) groups is 1. The van der Waals surface area contributed by atoms with Gasteiger partial charge in [0.1, 0.15) is 5.70 Å². The molecule has 0 saturated carbocycles. The zero-order valence-electron chi connectivity index (χ0n) is 11.3. The lowest BCUT2D eigenvalue weighted by atomic mass is 10.2. The molecule has 19 heavy (non-hydrogen) atoms. The van der Waals surface area contributed by atoms with Crippen LogP contribution in [-0.4, -0.2) is 41.2 Å². The first-order valence-electron chi connectivity index (χ1n) is 5.98. The minimum absolute atomic E-state index is 0.0399. The van der Waals surface area contributed by atoms with Gasteiger partial charge in [-0.2, -0.15) is 0 Å². The van der Waals surface area contributed by atoms with Crippen molar-refractivity contribution < 1.29 is 4.79 Å². The Labute approximate surface area is 117 Å². The van der Waals surface area contributed by atoms with Crippen LogP contribution in [0.2, 0.25) is 0 Å². The summed E-state index contributed by atoms with van der Waals surface area (Å²) in [6.45, 7) is 0.560. The molecule has 1 aromatic carbocycles. The van der Waals surface area contributed by atoms with Crippen molar-refractivity contribution in [2.75, 3.05) is 20.4 Å². The van der Waals surface area contributed by atoms with E-state index in [9.17, 15) is 4.79 Å². The molecular weight excluding hydrogens is 258 g/mol. The molecule has 100 valence electrons. The number of carbonyl (C=O) groups is 1. The van der Waals surface area contributed by atoms with Gasteiger partial charge in [-0.1, -0.05) is 42.1 Å². The number of amides is 1. The molecule has 1 heterocycles. The molecule has 1 aliphatic rings. The fourth-order valence-electron chi connectivity index (χ4n) is 1.83. The second-order valence-electron chi connectivity index (χ2n) is 4.45. The number of rotatable bonds is 3. The predicted molar refractivity (Wildman–Crippen MR) is 79.7 cm³/mol. The Morgan fingerprint density at radius 3 is 2.58 bits per heavy atom. The van der Waals surface area contributed by atoms with Gasteiger partial charge in [-0.25, -0.2) is 4.99 Å². The van der Waals surface area contributed by atoms with Crippen LogP contribution in [0.3, 0.4) is 0 Å². The van der Waals surface area contributed by atoms with Crippen molar-refractivity contribution in [3.8, 4) is 0 Å². The van der Waals surface area contributed by atoms with Gasteiger partial charge in [0.05, 0.1) is 6.54 Å². The van der Waals surface area contributed by atoms with Gasteiger partial charge in [0.25, 0.3) is 5.91 Å². The molecule has 0 N–H and O–H groups in total. The number of benzene rings is 1. The van der Waals surface area contributed by atoms with Crippen molar-refractivity contribution in [2.24, 2.45) is 4.99 Å². The maximum atomic E-state index is 12.3. The number of nitrogens with zero attached hydrogens (tertiary/aromatic N) is 3. The lowest BCUT2D eigenvalue weighted by Gasteiger charge is -2.16. The van der Waals surface area contributed by atoms with E-state index in [1.54, 1.807) is 11.1 Å². The third-order valence-electron chi connectivity index (χ3n) is 2.66. The average Bonchev–Trinajstić information content (AvgIpc) is 2.68. The molecule has 0 aliphatic carbocycles. The third-order valence-corrected chi connectivity index (χ3v) is 3.33. The van der Waals surface area contributed by atoms with Crippen molar-refractivity contribution in [3.05, 3.63) is 47.8 Å². The van der Waals surface area contributed by atoms with Gasteiger partial charge in [-0.3, -0.25) is 9.69 Å². The minimum atomic E-state index is -0.0399. The molecule has 0 spiro atoms. The number of hydrogen-bond acceptors (Lipinski definition) is 4. The van der Waals surface area contributed by atoms with Crippen LogP contribution in [-0.2, 0) is 11.3 Å². The first kappa shape index (κ1) is 13.7. The van der Waals surface area contributed by atoms with Gasteiger partial charge < -0.3 is 4.90 Å². The maximum Gasteiger partial charge on any atom is 0.280 e. The van der Waals surface area contributed by atoms with Crippen LogP contribution in [0.4, 0.5) is 0 Å². The molecule has 1 amide bonds. The van der Waals surface area contributed by atoms with Gasteiger partial charge >= 0.3 is 0 Å². The lowest BCUT2D eigenvalue weighted by Crippen LogP contribution is -2.30. The topological polar surface area (TPSA) is 35.9 Å². The number of amidine groups is 1. The Bertz CT molecular complexity index is 523. The van der Waals surface area contributed by atoms with E-state index in [4.69, 9.17) is 0 Å². The Balaban J connectivity index is 2.22. The van der Waals surface area contributed by atoms with Gasteiger partial charge in [-0.05, 0) is 11.8 Å². The zero-order valence-corrected chi connectivity index (χ0v) is 12.1. The highest BCUT2D eigenvalue weighted by Gasteiger charge is 2.29. The molecule has 0 atom stereocenters. The molecule has 2 rings (SSSR count). The van der Waals surface area contributed by atoms with Crippen LogP contribution in [0, 0.1) is 0 Å². The Kier molecular flexibility index (Phi) is 4.27. The van der Waals surface area contributed by atoms with Crippen LogP contribution >= 0.6 is 11.8 Å². The van der Waals surface area contributed by atoms with Gasteiger partial charge in [0.2, 0.25) is 0 Å². The second kappa shape index (κ2) is 5.93. The summed E-state index contributed by atoms with van der Waals surface area (Å²) >= 11 is 1.49. The van der Waals surface area contributed by atoms with Crippen LogP contribution in [0.15, 0.2) is 47.2 Å². The largest absolute Gasteiger partial charge is 0.382 e. The summed E-state index contributed by atoms with van der Waals surface area (Å²) in [6.07, 6.45) is 3.69. The van der Waals surface area contributed by atoms with E-state index in [1.165, 1.54) is 11.8 Å². The molecule has 0 aromatic heterocycles. The molecule has 0 unspecified atom stereocenters. The summed E-state index contributed by atoms with van der Waals surface area (Å²) in [4.78, 5) is 20.3. The van der Waals surface area contributed by atoms with Gasteiger partial charge in [0.15, 0.2) is 5.17 Å². The Morgan fingerprint density at radius 1 is 1.32 bits per heavy atom. The number of thioether (sulfide) groups is 1. The van der Waals surface area contributed by atoms with Gasteiger partial charge in [0, 0.05) is 20.3 Å². The second-order valence-corrected chi connectivity index (χ2v) is 5.23. The summed E-state index contributed by atoms with van der Waals surface area (Å²) < 4.78 is 0. The number of carbonyl (C=O) groups excluding carboxylic acids is 1. The summed E-state index contributed by atoms with van der Waals surface area (Å²) in [5.74, 6) is -0.0399. The quantitative estimate of drug-likeness (QED) is 0.793. The van der Waals surface area contributed by atoms with E-state index in [2.05, 4.69) is 4.99 Å². The van der Waals surface area contributed by atoms with E-state index < -0.39 is 0 Å². The highest BCUT2D eigenvalue weighted by Crippen LogP contribution is 2.22. The third kappa shape index (κ3) is 3.17. The highest BCUT2D eigenvalue weighted by atomic mass is 32.2. The van der Waals surface area contributed by atoms with E-state index in [-0.39, 0.29) is 5.91 Å². The van der Waals surface area contributed by atoms with Crippen molar-refractivity contribution in [1.29, 1.82) is 0 Å². The van der Waals surface area contributed by atoms with Crippen molar-refractivity contribution in [1.82, 2.24) is 9.80 Å². The Hall–Kier alpha value is -1.75. The van der Waals surface area contributed by atoms with Crippen LogP contribution in [0.5, 0.6) is 0 Å². The average molecular weight is 275 g/mol. The van der Waals surface area contributed by atoms with E-state index in [1.807, 2.05) is 55.6 Å². The van der Waals surface area contributed by atoms with Crippen LogP contribution in [0.25, 0.3) is 0 Å². The lowest BCUT2D eigenvalue weighted by molar-refractivity contribution is -0.123. The van der Waals surface area contributed by atoms with Gasteiger partial charge in [-0.15, -0.1) is 0 Å². The fraction of sp³-hybridized carbons (Fsp3) is 0.286. The Morgan fingerprint density at radius 2 is 2.00 bits per heavy atom. The van der Waals surface area contributed by atoms with Crippen molar-refractivity contribution in [2.45, 2.75) is 6.54 Å². The maximum absolute atomic E-state index is 12.3. The summed E-state index contributed by atoms with van der Waals surface area (Å²) in [6, 6.07) is 9.94. The monoisotopic (exact) mass is 275 g/mol. The standard InChI is InChI=1S/C14H17N3OS/c1-16(2)10-12-13(18)17(14(15-12)19-3)9-11-7-5-4-6-8-11/h4-8,10H,9H2,1-3H3/b12-10+. The molecule has 5 heteroatoms. The minimum Gasteiger partial charge on any atom is -0.382 e. The number of hydrogen-bond donors (Lipinski definition) is 0. The molecule has 0 saturated heterocycles. The molecule has 1 aromatic rings. The molecule has 0 bridgehead atoms. The van der Waals surface area contributed by atoms with Crippen molar-refractivity contribution >= 4 is 22.8 Å². The van der Waals surface area contributed by atoms with E-state index >= 15 is 0 Å². The first-order chi connectivity index (χ1) is 9.11. The predicted octanol–water partition coefficient (Wildman–Crippen LogP) is 2.15.